The summed E-state index contributed by atoms with van der Waals surface area (Å²) >= 11 is 11.0. The predicted molar refractivity (Wildman–Crippen MR) is 85.9 cm³/mol. The minimum Gasteiger partial charge on any atom is -0.331 e. The van der Waals surface area contributed by atoms with Gasteiger partial charge in [-0.25, -0.2) is 9.97 Å². The van der Waals surface area contributed by atoms with Gasteiger partial charge in [-0.2, -0.15) is 0 Å². The van der Waals surface area contributed by atoms with Crippen molar-refractivity contribution in [3.8, 4) is 0 Å². The maximum Gasteiger partial charge on any atom is 0.242 e. The van der Waals surface area contributed by atoms with Crippen LogP contribution in [-0.2, 0) is 0 Å². The highest BCUT2D eigenvalue weighted by molar-refractivity contribution is 7.80. The van der Waals surface area contributed by atoms with E-state index in [1.165, 1.54) is 0 Å². The van der Waals surface area contributed by atoms with Crippen LogP contribution in [0, 0.1) is 13.8 Å². The van der Waals surface area contributed by atoms with Crippen LogP contribution < -0.4 is 16.2 Å². The van der Waals surface area contributed by atoms with Crippen molar-refractivity contribution in [2.75, 3.05) is 10.7 Å². The van der Waals surface area contributed by atoms with Crippen molar-refractivity contribution in [1.82, 2.24) is 15.4 Å². The lowest BCUT2D eigenvalue weighted by Gasteiger charge is -2.12. The van der Waals surface area contributed by atoms with Crippen molar-refractivity contribution in [1.29, 1.82) is 0 Å². The van der Waals surface area contributed by atoms with E-state index in [-0.39, 0.29) is 0 Å². The maximum absolute atomic E-state index is 5.81. The summed E-state index contributed by atoms with van der Waals surface area (Å²) in [5.74, 6) is 0.475. The van der Waals surface area contributed by atoms with E-state index < -0.39 is 0 Å². The number of nitrogens with one attached hydrogen (secondary N) is 3. The predicted octanol–water partition coefficient (Wildman–Crippen LogP) is 3.06. The molecule has 0 aliphatic rings. The molecule has 0 fully saturated rings. The highest BCUT2D eigenvalue weighted by Crippen LogP contribution is 2.13. The van der Waals surface area contributed by atoms with Gasteiger partial charge in [-0.05, 0) is 56.4 Å². The summed E-state index contributed by atoms with van der Waals surface area (Å²) in [4.78, 5) is 8.47. The minimum absolute atomic E-state index is 0.412. The Hall–Kier alpha value is -1.92. The van der Waals surface area contributed by atoms with Gasteiger partial charge in [-0.15, -0.1) is 0 Å². The number of anilines is 2. The molecule has 0 radical (unpaired) electrons. The summed E-state index contributed by atoms with van der Waals surface area (Å²) in [6.45, 7) is 3.81. The number of halogens is 1. The number of thiocarbonyl (C=S) groups is 1. The largest absolute Gasteiger partial charge is 0.331 e. The van der Waals surface area contributed by atoms with Gasteiger partial charge in [0.05, 0.1) is 0 Å². The molecular formula is C13H14ClN5S. The Morgan fingerprint density at radius 1 is 1.10 bits per heavy atom. The molecule has 1 aromatic carbocycles. The van der Waals surface area contributed by atoms with Crippen LogP contribution in [0.4, 0.5) is 11.6 Å². The van der Waals surface area contributed by atoms with Crippen LogP contribution in [0.1, 0.15) is 11.4 Å². The molecule has 0 aliphatic heterocycles. The molecule has 5 nitrogen and oxygen atoms in total. The van der Waals surface area contributed by atoms with E-state index in [0.29, 0.717) is 16.1 Å². The molecule has 104 valence electrons. The molecular weight excluding hydrogens is 294 g/mol. The summed E-state index contributed by atoms with van der Waals surface area (Å²) < 4.78 is 0. The molecule has 0 aliphatic carbocycles. The van der Waals surface area contributed by atoms with Gasteiger partial charge < -0.3 is 5.32 Å². The standard InChI is InChI=1S/C13H14ClN5S/c1-8-7-9(2)16-12(15-8)18-19-13(20)17-11-5-3-10(14)4-6-11/h3-7H,1-2H3,(H,15,16,18)(H2,17,19,20). The lowest BCUT2D eigenvalue weighted by molar-refractivity contribution is 0.991. The van der Waals surface area contributed by atoms with E-state index in [2.05, 4.69) is 26.1 Å². The van der Waals surface area contributed by atoms with Crippen molar-refractivity contribution in [3.05, 3.63) is 46.7 Å². The number of hydrogen-bond acceptors (Lipinski definition) is 4. The molecule has 0 unspecified atom stereocenters. The fraction of sp³-hybridized carbons (Fsp3) is 0.154. The van der Waals surface area contributed by atoms with E-state index in [9.17, 15) is 0 Å². The van der Waals surface area contributed by atoms with E-state index >= 15 is 0 Å². The van der Waals surface area contributed by atoms with Crippen molar-refractivity contribution in [2.45, 2.75) is 13.8 Å². The number of aryl methyl sites for hydroxylation is 2. The summed E-state index contributed by atoms with van der Waals surface area (Å²) in [6.07, 6.45) is 0. The summed E-state index contributed by atoms with van der Waals surface area (Å²) in [6, 6.07) is 9.14. The highest BCUT2D eigenvalue weighted by atomic mass is 35.5. The van der Waals surface area contributed by atoms with Crippen LogP contribution in [0.25, 0.3) is 0 Å². The first-order valence-corrected chi connectivity index (χ1v) is 6.72. The van der Waals surface area contributed by atoms with Crippen LogP contribution in [0.2, 0.25) is 5.02 Å². The third-order valence-electron chi connectivity index (χ3n) is 2.37. The minimum atomic E-state index is 0.412. The second-order valence-corrected chi connectivity index (χ2v) is 5.03. The highest BCUT2D eigenvalue weighted by Gasteiger charge is 2.01. The second kappa shape index (κ2) is 6.49. The van der Waals surface area contributed by atoms with Gasteiger partial charge in [-0.3, -0.25) is 10.9 Å². The van der Waals surface area contributed by atoms with E-state index in [1.807, 2.05) is 32.0 Å². The zero-order valence-corrected chi connectivity index (χ0v) is 12.6. The summed E-state index contributed by atoms with van der Waals surface area (Å²) in [5, 5.41) is 4.10. The zero-order chi connectivity index (χ0) is 14.5. The number of benzene rings is 1. The Morgan fingerprint density at radius 2 is 1.70 bits per heavy atom. The molecule has 0 saturated heterocycles. The Kier molecular flexibility index (Phi) is 4.70. The van der Waals surface area contributed by atoms with E-state index in [0.717, 1.165) is 17.1 Å². The smallest absolute Gasteiger partial charge is 0.242 e. The third kappa shape index (κ3) is 4.32. The first-order valence-electron chi connectivity index (χ1n) is 5.94. The molecule has 0 saturated carbocycles. The Labute approximate surface area is 127 Å². The molecule has 3 N–H and O–H groups in total. The van der Waals surface area contributed by atoms with Crippen LogP contribution in [0.3, 0.4) is 0 Å². The van der Waals surface area contributed by atoms with Gasteiger partial charge in [0, 0.05) is 22.1 Å². The van der Waals surface area contributed by atoms with Crippen molar-refractivity contribution >= 4 is 40.6 Å². The van der Waals surface area contributed by atoms with Crippen molar-refractivity contribution in [3.63, 3.8) is 0 Å². The van der Waals surface area contributed by atoms with Gasteiger partial charge in [0.15, 0.2) is 5.11 Å². The number of rotatable bonds is 3. The number of nitrogens with zero attached hydrogens (tertiary/aromatic N) is 2. The lowest BCUT2D eigenvalue weighted by atomic mass is 10.3. The average Bonchev–Trinajstić information content (AvgIpc) is 2.38. The summed E-state index contributed by atoms with van der Waals surface area (Å²) in [7, 11) is 0. The molecule has 2 aromatic rings. The Morgan fingerprint density at radius 3 is 2.30 bits per heavy atom. The van der Waals surface area contributed by atoms with Crippen molar-refractivity contribution in [2.24, 2.45) is 0 Å². The summed E-state index contributed by atoms with van der Waals surface area (Å²) in [5.41, 5.74) is 8.30. The van der Waals surface area contributed by atoms with Crippen LogP contribution in [0.5, 0.6) is 0 Å². The topological polar surface area (TPSA) is 61.9 Å². The van der Waals surface area contributed by atoms with E-state index in [4.69, 9.17) is 23.8 Å². The molecule has 7 heteroatoms. The van der Waals surface area contributed by atoms with Crippen LogP contribution in [0.15, 0.2) is 30.3 Å². The SMILES string of the molecule is Cc1cc(C)nc(NNC(=S)Nc2ccc(Cl)cc2)n1. The van der Waals surface area contributed by atoms with Crippen molar-refractivity contribution < 1.29 is 0 Å². The molecule has 0 amide bonds. The Balaban J connectivity index is 1.90. The zero-order valence-electron chi connectivity index (χ0n) is 11.1. The first-order chi connectivity index (χ1) is 9.52. The van der Waals surface area contributed by atoms with Crippen LogP contribution in [-0.4, -0.2) is 15.1 Å². The number of aromatic nitrogens is 2. The number of hydrazine groups is 1. The molecule has 2 rings (SSSR count). The van der Waals surface area contributed by atoms with Gasteiger partial charge in [0.25, 0.3) is 0 Å². The second-order valence-electron chi connectivity index (χ2n) is 4.19. The van der Waals surface area contributed by atoms with Gasteiger partial charge in [-0.1, -0.05) is 11.6 Å². The average molecular weight is 308 g/mol. The molecule has 1 aromatic heterocycles. The number of hydrogen-bond donors (Lipinski definition) is 3. The van der Waals surface area contributed by atoms with E-state index in [1.54, 1.807) is 12.1 Å². The first kappa shape index (κ1) is 14.5. The van der Waals surface area contributed by atoms with Gasteiger partial charge >= 0.3 is 0 Å². The monoisotopic (exact) mass is 307 g/mol. The quantitative estimate of drug-likeness (QED) is 0.598. The molecule has 20 heavy (non-hydrogen) atoms. The molecule has 0 bridgehead atoms. The Bertz CT molecular complexity index is 594. The fourth-order valence-corrected chi connectivity index (χ4v) is 1.88. The molecule has 0 spiro atoms. The third-order valence-corrected chi connectivity index (χ3v) is 2.83. The molecule has 0 atom stereocenters. The van der Waals surface area contributed by atoms with Crippen LogP contribution >= 0.6 is 23.8 Å². The molecule has 1 heterocycles. The lowest BCUT2D eigenvalue weighted by Crippen LogP contribution is -2.34. The van der Waals surface area contributed by atoms with Gasteiger partial charge in [0.1, 0.15) is 0 Å². The van der Waals surface area contributed by atoms with Gasteiger partial charge in [0.2, 0.25) is 5.95 Å². The normalized spacial score (nSPS) is 9.95. The maximum atomic E-state index is 5.81. The fourth-order valence-electron chi connectivity index (χ4n) is 1.59.